The minimum Gasteiger partial charge on any atom is -0.494 e. The first kappa shape index (κ1) is 16.2. The summed E-state index contributed by atoms with van der Waals surface area (Å²) in [6.45, 7) is 17.2. The van der Waals surface area contributed by atoms with Crippen molar-refractivity contribution in [2.24, 2.45) is 0 Å². The Balaban J connectivity index is 2.48. The Labute approximate surface area is 134 Å². The van der Waals surface area contributed by atoms with E-state index in [1.165, 1.54) is 11.3 Å². The van der Waals surface area contributed by atoms with Crippen LogP contribution >= 0.6 is 0 Å². The van der Waals surface area contributed by atoms with Crippen LogP contribution in [0.15, 0.2) is 50.1 Å². The molecule has 1 aromatic rings. The lowest BCUT2D eigenvalue weighted by atomic mass is 10.0. The zero-order chi connectivity index (χ0) is 16.1. The zero-order valence-corrected chi connectivity index (χ0v) is 13.7. The summed E-state index contributed by atoms with van der Waals surface area (Å²) >= 11 is 0. The van der Waals surface area contributed by atoms with Gasteiger partial charge in [0.05, 0.1) is 12.8 Å². The van der Waals surface area contributed by atoms with Crippen molar-refractivity contribution in [2.75, 3.05) is 43.1 Å². The smallest absolute Gasteiger partial charge is 0.144 e. The highest BCUT2D eigenvalue weighted by molar-refractivity contribution is 5.74. The molecular weight excluding hydrogens is 272 g/mol. The molecule has 0 radical (unpaired) electrons. The molecule has 3 nitrogen and oxygen atoms in total. The third-order valence-electron chi connectivity index (χ3n) is 4.06. The molecule has 1 heterocycles. The van der Waals surface area contributed by atoms with E-state index in [0.29, 0.717) is 5.92 Å². The maximum Gasteiger partial charge on any atom is 0.144 e. The summed E-state index contributed by atoms with van der Waals surface area (Å²) in [5.41, 5.74) is 3.70. The number of nitrogens with zero attached hydrogens (tertiary/aromatic N) is 2. The molecule has 118 valence electrons. The van der Waals surface area contributed by atoms with E-state index in [2.05, 4.69) is 48.6 Å². The Morgan fingerprint density at radius 2 is 1.91 bits per heavy atom. The largest absolute Gasteiger partial charge is 0.494 e. The summed E-state index contributed by atoms with van der Waals surface area (Å²) in [4.78, 5) is 4.58. The Kier molecular flexibility index (Phi) is 5.31. The third-order valence-corrected chi connectivity index (χ3v) is 4.06. The summed E-state index contributed by atoms with van der Waals surface area (Å²) in [6, 6.07) is 4.39. The SMILES string of the molecule is C=CCN(CC=C)c1cc(OC)c2c(c1)C(C)CN2CC=C. The van der Waals surface area contributed by atoms with Crippen molar-refractivity contribution in [1.82, 2.24) is 0 Å². The third kappa shape index (κ3) is 3.03. The van der Waals surface area contributed by atoms with Gasteiger partial charge in [0.2, 0.25) is 0 Å². The lowest BCUT2D eigenvalue weighted by Crippen LogP contribution is -2.23. The van der Waals surface area contributed by atoms with E-state index < -0.39 is 0 Å². The van der Waals surface area contributed by atoms with Gasteiger partial charge in [-0.15, -0.1) is 19.7 Å². The van der Waals surface area contributed by atoms with Gasteiger partial charge >= 0.3 is 0 Å². The Morgan fingerprint density at radius 1 is 1.23 bits per heavy atom. The van der Waals surface area contributed by atoms with E-state index in [1.54, 1.807) is 7.11 Å². The van der Waals surface area contributed by atoms with Gasteiger partial charge in [0.25, 0.3) is 0 Å². The normalized spacial score (nSPS) is 16.1. The van der Waals surface area contributed by atoms with Gasteiger partial charge in [-0.2, -0.15) is 0 Å². The van der Waals surface area contributed by atoms with Crippen molar-refractivity contribution < 1.29 is 4.74 Å². The zero-order valence-electron chi connectivity index (χ0n) is 13.7. The molecule has 0 saturated carbocycles. The number of ether oxygens (including phenoxy) is 1. The molecule has 0 bridgehead atoms. The predicted molar refractivity (Wildman–Crippen MR) is 96.4 cm³/mol. The second kappa shape index (κ2) is 7.21. The molecule has 1 aromatic carbocycles. The lowest BCUT2D eigenvalue weighted by Gasteiger charge is -2.25. The highest BCUT2D eigenvalue weighted by Crippen LogP contribution is 2.45. The van der Waals surface area contributed by atoms with Crippen molar-refractivity contribution >= 4 is 11.4 Å². The second-order valence-corrected chi connectivity index (χ2v) is 5.66. The summed E-state index contributed by atoms with van der Waals surface area (Å²) in [5, 5.41) is 0. The minimum atomic E-state index is 0.484. The lowest BCUT2D eigenvalue weighted by molar-refractivity contribution is 0.415. The number of anilines is 2. The molecule has 0 spiro atoms. The fourth-order valence-electron chi connectivity index (χ4n) is 3.11. The van der Waals surface area contributed by atoms with Crippen LogP contribution in [0.5, 0.6) is 5.75 Å². The van der Waals surface area contributed by atoms with Crippen LogP contribution in [0.3, 0.4) is 0 Å². The molecule has 2 rings (SSSR count). The van der Waals surface area contributed by atoms with E-state index in [0.717, 1.165) is 37.6 Å². The molecule has 1 aliphatic heterocycles. The van der Waals surface area contributed by atoms with Crippen LogP contribution in [0.4, 0.5) is 11.4 Å². The molecule has 22 heavy (non-hydrogen) atoms. The first-order valence-corrected chi connectivity index (χ1v) is 7.70. The molecule has 0 amide bonds. The molecule has 3 heteroatoms. The van der Waals surface area contributed by atoms with Crippen LogP contribution in [0.25, 0.3) is 0 Å². The maximum atomic E-state index is 5.67. The van der Waals surface area contributed by atoms with Crippen molar-refractivity contribution in [2.45, 2.75) is 12.8 Å². The quantitative estimate of drug-likeness (QED) is 0.675. The van der Waals surface area contributed by atoms with Crippen molar-refractivity contribution in [3.8, 4) is 5.75 Å². The van der Waals surface area contributed by atoms with E-state index in [9.17, 15) is 0 Å². The molecule has 1 atom stereocenters. The first-order chi connectivity index (χ1) is 10.7. The molecule has 0 saturated heterocycles. The molecule has 1 aliphatic rings. The van der Waals surface area contributed by atoms with Gasteiger partial charge in [0.15, 0.2) is 0 Å². The van der Waals surface area contributed by atoms with Gasteiger partial charge in [0, 0.05) is 43.9 Å². The minimum absolute atomic E-state index is 0.484. The number of benzene rings is 1. The van der Waals surface area contributed by atoms with Crippen LogP contribution in [0, 0.1) is 0 Å². The first-order valence-electron chi connectivity index (χ1n) is 7.70. The fraction of sp³-hybridized carbons (Fsp3) is 0.368. The van der Waals surface area contributed by atoms with E-state index in [-0.39, 0.29) is 0 Å². The van der Waals surface area contributed by atoms with E-state index in [4.69, 9.17) is 4.74 Å². The molecule has 0 fully saturated rings. The number of methoxy groups -OCH3 is 1. The van der Waals surface area contributed by atoms with E-state index in [1.807, 2.05) is 18.2 Å². The van der Waals surface area contributed by atoms with Crippen LogP contribution < -0.4 is 14.5 Å². The predicted octanol–water partition coefficient (Wildman–Crippen LogP) is 3.98. The highest BCUT2D eigenvalue weighted by atomic mass is 16.5. The summed E-state index contributed by atoms with van der Waals surface area (Å²) in [6.07, 6.45) is 5.77. The average Bonchev–Trinajstić information content (AvgIpc) is 2.83. The van der Waals surface area contributed by atoms with Gasteiger partial charge in [-0.25, -0.2) is 0 Å². The summed E-state index contributed by atoms with van der Waals surface area (Å²) in [7, 11) is 1.74. The number of hydrogen-bond donors (Lipinski definition) is 0. The standard InChI is InChI=1S/C19H26N2O/c1-6-9-20(10-7-2)16-12-17-15(4)14-21(11-8-3)19(17)18(13-16)22-5/h6-8,12-13,15H,1-3,9-11,14H2,4-5H3. The van der Waals surface area contributed by atoms with Gasteiger partial charge < -0.3 is 14.5 Å². The van der Waals surface area contributed by atoms with Crippen LogP contribution in [0.2, 0.25) is 0 Å². The van der Waals surface area contributed by atoms with Crippen molar-refractivity contribution in [1.29, 1.82) is 0 Å². The Bertz CT molecular complexity index is 555. The molecule has 0 N–H and O–H groups in total. The second-order valence-electron chi connectivity index (χ2n) is 5.66. The highest BCUT2D eigenvalue weighted by Gasteiger charge is 2.29. The van der Waals surface area contributed by atoms with Gasteiger partial charge in [0.1, 0.15) is 5.75 Å². The molecule has 0 aromatic heterocycles. The maximum absolute atomic E-state index is 5.67. The molecule has 1 unspecified atom stereocenters. The summed E-state index contributed by atoms with van der Waals surface area (Å²) < 4.78 is 5.67. The van der Waals surface area contributed by atoms with Crippen molar-refractivity contribution in [3.63, 3.8) is 0 Å². The Hall–Kier alpha value is -2.16. The summed E-state index contributed by atoms with van der Waals surface area (Å²) in [5.74, 6) is 1.41. The van der Waals surface area contributed by atoms with Gasteiger partial charge in [-0.3, -0.25) is 0 Å². The van der Waals surface area contributed by atoms with Crippen molar-refractivity contribution in [3.05, 3.63) is 55.7 Å². The number of rotatable bonds is 8. The topological polar surface area (TPSA) is 15.7 Å². The van der Waals surface area contributed by atoms with Crippen LogP contribution in [-0.4, -0.2) is 33.3 Å². The van der Waals surface area contributed by atoms with Gasteiger partial charge in [-0.1, -0.05) is 25.2 Å². The molecular formula is C19H26N2O. The van der Waals surface area contributed by atoms with Crippen LogP contribution in [0.1, 0.15) is 18.4 Å². The Morgan fingerprint density at radius 3 is 2.45 bits per heavy atom. The van der Waals surface area contributed by atoms with E-state index >= 15 is 0 Å². The van der Waals surface area contributed by atoms with Crippen LogP contribution in [-0.2, 0) is 0 Å². The monoisotopic (exact) mass is 298 g/mol. The number of fused-ring (bicyclic) bond motifs is 1. The fourth-order valence-corrected chi connectivity index (χ4v) is 3.11. The average molecular weight is 298 g/mol. The van der Waals surface area contributed by atoms with Gasteiger partial charge in [-0.05, 0) is 11.6 Å². The number of hydrogen-bond acceptors (Lipinski definition) is 3. The molecule has 0 aliphatic carbocycles.